The molecule has 0 radical (unpaired) electrons. The Hall–Kier alpha value is -2.18. The van der Waals surface area contributed by atoms with E-state index in [1.807, 2.05) is 54.6 Å². The van der Waals surface area contributed by atoms with Crippen molar-refractivity contribution in [1.82, 2.24) is 10.2 Å². The van der Waals surface area contributed by atoms with Crippen molar-refractivity contribution >= 4 is 50.0 Å². The zero-order valence-corrected chi connectivity index (χ0v) is 15.9. The topological polar surface area (TPSA) is 49.4 Å². The quantitative estimate of drug-likeness (QED) is 0.635. The maximum Gasteiger partial charge on any atom is 0.325 e. The zero-order valence-electron chi connectivity index (χ0n) is 13.5. The zero-order chi connectivity index (χ0) is 17.6. The third-order valence-electron chi connectivity index (χ3n) is 4.55. The number of hydrogen-bond donors (Lipinski definition) is 1. The summed E-state index contributed by atoms with van der Waals surface area (Å²) >= 11 is 4.93. The summed E-state index contributed by atoms with van der Waals surface area (Å²) in [6.45, 7) is 2.06. The summed E-state index contributed by atoms with van der Waals surface area (Å²) in [6, 6.07) is 17.2. The Balaban J connectivity index is 1.74. The highest BCUT2D eigenvalue weighted by molar-refractivity contribution is 9.11. The lowest BCUT2D eigenvalue weighted by molar-refractivity contribution is -0.131. The first-order valence-electron chi connectivity index (χ1n) is 7.85. The van der Waals surface area contributed by atoms with E-state index in [0.717, 1.165) is 25.0 Å². The monoisotopic (exact) mass is 414 g/mol. The molecule has 0 spiro atoms. The summed E-state index contributed by atoms with van der Waals surface area (Å²) in [4.78, 5) is 27.9. The fourth-order valence-corrected chi connectivity index (χ4v) is 4.75. The normalized spacial score (nSPS) is 20.3. The van der Waals surface area contributed by atoms with Crippen LogP contribution < -0.4 is 5.32 Å². The number of fused-ring (bicyclic) bond motifs is 1. The molecule has 1 aliphatic heterocycles. The largest absolute Gasteiger partial charge is 0.325 e. The van der Waals surface area contributed by atoms with Gasteiger partial charge >= 0.3 is 6.03 Å². The van der Waals surface area contributed by atoms with Crippen LogP contribution in [0.1, 0.15) is 17.4 Å². The van der Waals surface area contributed by atoms with Crippen molar-refractivity contribution in [2.45, 2.75) is 19.0 Å². The summed E-state index contributed by atoms with van der Waals surface area (Å²) in [7, 11) is 0. The van der Waals surface area contributed by atoms with Gasteiger partial charge in [0.05, 0.1) is 10.3 Å². The van der Waals surface area contributed by atoms with E-state index in [-0.39, 0.29) is 18.5 Å². The number of halogens is 1. The van der Waals surface area contributed by atoms with Crippen LogP contribution in [0.4, 0.5) is 4.79 Å². The number of benzene rings is 2. The molecule has 2 heterocycles. The maximum absolute atomic E-state index is 13.1. The standard InChI is InChI=1S/C19H15BrN2O2S/c1-19(15-8-4-6-12-5-2-3-7-14(12)15)17(23)22(18(24)21-19)11-13-9-10-16(20)25-13/h2-10H,11H2,1H3,(H,21,24). The van der Waals surface area contributed by atoms with E-state index in [1.165, 1.54) is 16.2 Å². The van der Waals surface area contributed by atoms with Crippen molar-refractivity contribution in [3.05, 3.63) is 68.8 Å². The molecular weight excluding hydrogens is 400 g/mol. The molecule has 126 valence electrons. The van der Waals surface area contributed by atoms with Gasteiger partial charge in [0.25, 0.3) is 5.91 Å². The predicted octanol–water partition coefficient (Wildman–Crippen LogP) is 4.63. The third-order valence-corrected chi connectivity index (χ3v) is 6.15. The lowest BCUT2D eigenvalue weighted by atomic mass is 9.88. The van der Waals surface area contributed by atoms with Crippen LogP contribution in [0.15, 0.2) is 58.4 Å². The smallest absolute Gasteiger partial charge is 0.319 e. The van der Waals surface area contributed by atoms with Gasteiger partial charge in [-0.3, -0.25) is 9.69 Å². The minimum atomic E-state index is -1.06. The minimum absolute atomic E-state index is 0.224. The van der Waals surface area contributed by atoms with Crippen LogP contribution >= 0.6 is 27.3 Å². The molecule has 0 aliphatic carbocycles. The average Bonchev–Trinajstić information content (AvgIpc) is 3.11. The highest BCUT2D eigenvalue weighted by Gasteiger charge is 2.49. The molecule has 1 fully saturated rings. The number of rotatable bonds is 3. The van der Waals surface area contributed by atoms with Crippen LogP contribution in [0.25, 0.3) is 10.8 Å². The molecule has 4 nitrogen and oxygen atoms in total. The number of urea groups is 1. The molecule has 0 saturated carbocycles. The van der Waals surface area contributed by atoms with Crippen molar-refractivity contribution in [3.8, 4) is 0 Å². The summed E-state index contributed by atoms with van der Waals surface area (Å²) in [5, 5.41) is 4.92. The first-order valence-corrected chi connectivity index (χ1v) is 9.46. The second-order valence-electron chi connectivity index (χ2n) is 6.18. The van der Waals surface area contributed by atoms with E-state index in [0.29, 0.717) is 0 Å². The Morgan fingerprint density at radius 2 is 1.84 bits per heavy atom. The second kappa shape index (κ2) is 5.97. The summed E-state index contributed by atoms with van der Waals surface area (Å²) in [6.07, 6.45) is 0. The molecule has 6 heteroatoms. The number of imide groups is 1. The van der Waals surface area contributed by atoms with E-state index >= 15 is 0 Å². The van der Waals surface area contributed by atoms with Gasteiger partial charge in [-0.1, -0.05) is 42.5 Å². The van der Waals surface area contributed by atoms with Gasteiger partial charge in [0.1, 0.15) is 5.54 Å². The van der Waals surface area contributed by atoms with Crippen molar-refractivity contribution in [2.24, 2.45) is 0 Å². The maximum atomic E-state index is 13.1. The molecule has 1 aliphatic rings. The second-order valence-corrected chi connectivity index (χ2v) is 8.73. The number of carbonyl (C=O) groups is 2. The number of nitrogens with one attached hydrogen (secondary N) is 1. The fourth-order valence-electron chi connectivity index (χ4n) is 3.28. The van der Waals surface area contributed by atoms with Crippen LogP contribution in [-0.2, 0) is 16.9 Å². The van der Waals surface area contributed by atoms with Crippen LogP contribution in [-0.4, -0.2) is 16.8 Å². The van der Waals surface area contributed by atoms with Gasteiger partial charge in [-0.15, -0.1) is 11.3 Å². The average molecular weight is 415 g/mol. The predicted molar refractivity (Wildman–Crippen MR) is 102 cm³/mol. The Bertz CT molecular complexity index is 995. The van der Waals surface area contributed by atoms with E-state index in [2.05, 4.69) is 21.2 Å². The first-order chi connectivity index (χ1) is 12.0. The number of thiophene rings is 1. The third kappa shape index (κ3) is 2.65. The van der Waals surface area contributed by atoms with E-state index in [1.54, 1.807) is 6.92 Å². The van der Waals surface area contributed by atoms with E-state index in [9.17, 15) is 9.59 Å². The molecule has 3 amide bonds. The van der Waals surface area contributed by atoms with Crippen molar-refractivity contribution in [1.29, 1.82) is 0 Å². The van der Waals surface area contributed by atoms with Gasteiger partial charge in [-0.25, -0.2) is 4.79 Å². The molecule has 1 saturated heterocycles. The number of hydrogen-bond acceptors (Lipinski definition) is 3. The van der Waals surface area contributed by atoms with Crippen LogP contribution in [0.3, 0.4) is 0 Å². The highest BCUT2D eigenvalue weighted by Crippen LogP contribution is 2.35. The fraction of sp³-hybridized carbons (Fsp3) is 0.158. The van der Waals surface area contributed by atoms with Crippen LogP contribution in [0.2, 0.25) is 0 Å². The summed E-state index contributed by atoms with van der Waals surface area (Å²) < 4.78 is 0.978. The van der Waals surface area contributed by atoms with E-state index in [4.69, 9.17) is 0 Å². The van der Waals surface area contributed by atoms with Crippen molar-refractivity contribution < 1.29 is 9.59 Å². The van der Waals surface area contributed by atoms with Gasteiger partial charge in [0.2, 0.25) is 0 Å². The Morgan fingerprint density at radius 1 is 1.08 bits per heavy atom. The Kier molecular flexibility index (Phi) is 3.89. The Labute approximate surface area is 157 Å². The molecule has 1 atom stereocenters. The van der Waals surface area contributed by atoms with Crippen molar-refractivity contribution in [3.63, 3.8) is 0 Å². The Morgan fingerprint density at radius 3 is 2.60 bits per heavy atom. The van der Waals surface area contributed by atoms with Crippen molar-refractivity contribution in [2.75, 3.05) is 0 Å². The van der Waals surface area contributed by atoms with Gasteiger partial charge in [-0.2, -0.15) is 0 Å². The SMILES string of the molecule is CC1(c2cccc3ccccc23)NC(=O)N(Cc2ccc(Br)s2)C1=O. The molecule has 2 aromatic carbocycles. The summed E-state index contributed by atoms with van der Waals surface area (Å²) in [5.74, 6) is -0.224. The summed E-state index contributed by atoms with van der Waals surface area (Å²) in [5.41, 5.74) is -0.245. The number of carbonyl (C=O) groups excluding carboxylic acids is 2. The lowest BCUT2D eigenvalue weighted by Gasteiger charge is -2.24. The minimum Gasteiger partial charge on any atom is -0.319 e. The van der Waals surface area contributed by atoms with Crippen LogP contribution in [0.5, 0.6) is 0 Å². The molecule has 1 aromatic heterocycles. The molecule has 4 rings (SSSR count). The molecule has 0 bridgehead atoms. The molecule has 25 heavy (non-hydrogen) atoms. The van der Waals surface area contributed by atoms with Gasteiger partial charge < -0.3 is 5.32 Å². The van der Waals surface area contributed by atoms with E-state index < -0.39 is 5.54 Å². The molecule has 1 unspecified atom stereocenters. The lowest BCUT2D eigenvalue weighted by Crippen LogP contribution is -2.41. The van der Waals surface area contributed by atoms with Gasteiger partial charge in [0.15, 0.2) is 0 Å². The molecular formula is C19H15BrN2O2S. The highest BCUT2D eigenvalue weighted by atomic mass is 79.9. The van der Waals surface area contributed by atoms with Crippen LogP contribution in [0, 0.1) is 0 Å². The molecule has 3 aromatic rings. The van der Waals surface area contributed by atoms with Gasteiger partial charge in [-0.05, 0) is 51.3 Å². The number of amides is 3. The van der Waals surface area contributed by atoms with Gasteiger partial charge in [0, 0.05) is 4.88 Å². The molecule has 1 N–H and O–H groups in total. The number of nitrogens with zero attached hydrogens (tertiary/aromatic N) is 1. The first kappa shape index (κ1) is 16.3.